The number of oxime groups is 1. The molecule has 0 saturated carbocycles. The maximum atomic E-state index is 9.25. The molecule has 0 amide bonds. The van der Waals surface area contributed by atoms with Crippen molar-refractivity contribution in [3.05, 3.63) is 69.7 Å². The van der Waals surface area contributed by atoms with Gasteiger partial charge in [-0.3, -0.25) is 0 Å². The summed E-state index contributed by atoms with van der Waals surface area (Å²) in [5.74, 6) is 0. The lowest BCUT2D eigenvalue weighted by Gasteiger charge is -2.33. The molecule has 1 saturated heterocycles. The van der Waals surface area contributed by atoms with Gasteiger partial charge in [0, 0.05) is 35.0 Å². The number of nitrogens with zero attached hydrogens (tertiary/aromatic N) is 1. The Morgan fingerprint density at radius 2 is 1.32 bits per heavy atom. The van der Waals surface area contributed by atoms with Crippen molar-refractivity contribution in [3.8, 4) is 0 Å². The Morgan fingerprint density at radius 1 is 0.864 bits per heavy atom. The van der Waals surface area contributed by atoms with Gasteiger partial charge >= 0.3 is 0 Å². The number of rotatable bonds is 2. The highest BCUT2D eigenvalue weighted by molar-refractivity contribution is 6.31. The molecule has 114 valence electrons. The molecule has 5 heteroatoms. The van der Waals surface area contributed by atoms with Crippen LogP contribution in [0.4, 0.5) is 0 Å². The minimum absolute atomic E-state index is 0.00498. The summed E-state index contributed by atoms with van der Waals surface area (Å²) in [4.78, 5) is 0. The van der Waals surface area contributed by atoms with E-state index in [-0.39, 0.29) is 12.1 Å². The first-order valence-electron chi connectivity index (χ1n) is 7.13. The van der Waals surface area contributed by atoms with Crippen molar-refractivity contribution >= 4 is 28.9 Å². The normalized spacial score (nSPS) is 23.6. The Labute approximate surface area is 139 Å². The Morgan fingerprint density at radius 3 is 1.73 bits per heavy atom. The summed E-state index contributed by atoms with van der Waals surface area (Å²) in [6.45, 7) is 0. The van der Waals surface area contributed by atoms with Gasteiger partial charge in [0.2, 0.25) is 0 Å². The molecule has 1 fully saturated rings. The quantitative estimate of drug-likeness (QED) is 0.600. The van der Waals surface area contributed by atoms with E-state index in [1.54, 1.807) is 0 Å². The van der Waals surface area contributed by atoms with Gasteiger partial charge < -0.3 is 10.5 Å². The highest BCUT2D eigenvalue weighted by atomic mass is 35.5. The van der Waals surface area contributed by atoms with E-state index >= 15 is 0 Å². The molecular formula is C17H16Cl2N2O. The molecule has 3 nitrogen and oxygen atoms in total. The molecule has 0 spiro atoms. The highest BCUT2D eigenvalue weighted by Crippen LogP contribution is 2.36. The Hall–Kier alpha value is -1.55. The van der Waals surface area contributed by atoms with Crippen molar-refractivity contribution in [1.82, 2.24) is 5.32 Å². The fraction of sp³-hybridized carbons (Fsp3) is 0.235. The number of hydrogen-bond acceptors (Lipinski definition) is 3. The van der Waals surface area contributed by atoms with E-state index in [9.17, 15) is 5.21 Å². The summed E-state index contributed by atoms with van der Waals surface area (Å²) in [6.07, 6.45) is 1.25. The first kappa shape index (κ1) is 15.3. The van der Waals surface area contributed by atoms with E-state index in [0.717, 1.165) is 16.8 Å². The summed E-state index contributed by atoms with van der Waals surface area (Å²) >= 11 is 12.6. The number of halogens is 2. The number of hydrogen-bond donors (Lipinski definition) is 2. The monoisotopic (exact) mass is 334 g/mol. The first-order chi connectivity index (χ1) is 10.7. The molecule has 1 heterocycles. The van der Waals surface area contributed by atoms with Crippen LogP contribution in [-0.2, 0) is 0 Å². The van der Waals surface area contributed by atoms with Crippen LogP contribution in [0.1, 0.15) is 36.1 Å². The highest BCUT2D eigenvalue weighted by Gasteiger charge is 2.29. The van der Waals surface area contributed by atoms with E-state index in [1.807, 2.05) is 48.5 Å². The molecule has 0 unspecified atom stereocenters. The molecular weight excluding hydrogens is 319 g/mol. The van der Waals surface area contributed by atoms with Crippen LogP contribution in [0.2, 0.25) is 10.0 Å². The van der Waals surface area contributed by atoms with E-state index in [1.165, 1.54) is 0 Å². The largest absolute Gasteiger partial charge is 0.411 e. The molecule has 3 rings (SSSR count). The first-order valence-corrected chi connectivity index (χ1v) is 7.89. The smallest absolute Gasteiger partial charge is 0.0608 e. The minimum Gasteiger partial charge on any atom is -0.411 e. The predicted octanol–water partition coefficient (Wildman–Crippen LogP) is 4.99. The summed E-state index contributed by atoms with van der Waals surface area (Å²) in [5.41, 5.74) is 2.75. The van der Waals surface area contributed by atoms with Gasteiger partial charge in [-0.05, 0) is 23.3 Å². The SMILES string of the molecule is ON=C1C[C@@H](c2ccccc2Cl)N[C@@H](c2ccccc2Cl)C1. The van der Waals surface area contributed by atoms with Crippen LogP contribution in [0, 0.1) is 0 Å². The van der Waals surface area contributed by atoms with Crippen LogP contribution in [0.15, 0.2) is 53.7 Å². The zero-order valence-electron chi connectivity index (χ0n) is 11.8. The van der Waals surface area contributed by atoms with Gasteiger partial charge in [-0.1, -0.05) is 64.8 Å². The van der Waals surface area contributed by atoms with Gasteiger partial charge in [0.05, 0.1) is 5.71 Å². The molecule has 0 aliphatic carbocycles. The second kappa shape index (κ2) is 6.69. The van der Waals surface area contributed by atoms with Gasteiger partial charge in [-0.15, -0.1) is 0 Å². The van der Waals surface area contributed by atoms with Gasteiger partial charge in [0.15, 0.2) is 0 Å². The molecule has 0 bridgehead atoms. The standard InChI is InChI=1S/C17H16Cl2N2O/c18-14-7-3-1-5-12(14)16-9-11(21-22)10-17(20-16)13-6-2-4-8-15(13)19/h1-8,16-17,20,22H,9-10H2/t16-,17+. The molecule has 2 N–H and O–H groups in total. The van der Waals surface area contributed by atoms with Crippen LogP contribution in [-0.4, -0.2) is 10.9 Å². The topological polar surface area (TPSA) is 44.6 Å². The van der Waals surface area contributed by atoms with Gasteiger partial charge in [-0.2, -0.15) is 0 Å². The zero-order chi connectivity index (χ0) is 15.5. The summed E-state index contributed by atoms with van der Waals surface area (Å²) < 4.78 is 0. The molecule has 0 radical (unpaired) electrons. The Balaban J connectivity index is 1.94. The van der Waals surface area contributed by atoms with Crippen LogP contribution in [0.5, 0.6) is 0 Å². The minimum atomic E-state index is -0.00498. The molecule has 1 aliphatic heterocycles. The molecule has 22 heavy (non-hydrogen) atoms. The second-order valence-electron chi connectivity index (χ2n) is 5.39. The summed E-state index contributed by atoms with van der Waals surface area (Å²) in [6, 6.07) is 15.4. The van der Waals surface area contributed by atoms with Crippen LogP contribution < -0.4 is 5.32 Å². The number of nitrogens with one attached hydrogen (secondary N) is 1. The van der Waals surface area contributed by atoms with Gasteiger partial charge in [-0.25, -0.2) is 0 Å². The summed E-state index contributed by atoms with van der Waals surface area (Å²) in [7, 11) is 0. The average molecular weight is 335 g/mol. The lowest BCUT2D eigenvalue weighted by atomic mass is 9.89. The maximum absolute atomic E-state index is 9.25. The van der Waals surface area contributed by atoms with Crippen LogP contribution >= 0.6 is 23.2 Å². The average Bonchev–Trinajstić information content (AvgIpc) is 2.55. The van der Waals surface area contributed by atoms with Crippen molar-refractivity contribution in [2.45, 2.75) is 24.9 Å². The second-order valence-corrected chi connectivity index (χ2v) is 6.20. The molecule has 1 aliphatic rings. The van der Waals surface area contributed by atoms with Crippen molar-refractivity contribution in [3.63, 3.8) is 0 Å². The van der Waals surface area contributed by atoms with Crippen molar-refractivity contribution in [2.24, 2.45) is 5.16 Å². The fourth-order valence-electron chi connectivity index (χ4n) is 2.91. The van der Waals surface area contributed by atoms with Crippen LogP contribution in [0.25, 0.3) is 0 Å². The Bertz CT molecular complexity index is 647. The van der Waals surface area contributed by atoms with Gasteiger partial charge in [0.1, 0.15) is 0 Å². The van der Waals surface area contributed by atoms with E-state index < -0.39 is 0 Å². The van der Waals surface area contributed by atoms with E-state index in [4.69, 9.17) is 23.2 Å². The van der Waals surface area contributed by atoms with Crippen molar-refractivity contribution in [2.75, 3.05) is 0 Å². The van der Waals surface area contributed by atoms with E-state index in [2.05, 4.69) is 10.5 Å². The molecule has 2 aromatic carbocycles. The van der Waals surface area contributed by atoms with Crippen LogP contribution in [0.3, 0.4) is 0 Å². The fourth-order valence-corrected chi connectivity index (χ4v) is 3.45. The van der Waals surface area contributed by atoms with E-state index in [0.29, 0.717) is 22.9 Å². The third-order valence-electron chi connectivity index (χ3n) is 3.98. The van der Waals surface area contributed by atoms with Crippen molar-refractivity contribution in [1.29, 1.82) is 0 Å². The molecule has 2 atom stereocenters. The Kier molecular flexibility index (Phi) is 4.67. The third kappa shape index (κ3) is 3.12. The zero-order valence-corrected chi connectivity index (χ0v) is 13.3. The molecule has 0 aromatic heterocycles. The maximum Gasteiger partial charge on any atom is 0.0608 e. The summed E-state index contributed by atoms with van der Waals surface area (Å²) in [5, 5.41) is 17.7. The predicted molar refractivity (Wildman–Crippen MR) is 90.0 cm³/mol. The number of piperidine rings is 1. The van der Waals surface area contributed by atoms with Gasteiger partial charge in [0.25, 0.3) is 0 Å². The third-order valence-corrected chi connectivity index (χ3v) is 4.67. The molecule has 2 aromatic rings. The van der Waals surface area contributed by atoms with Crippen molar-refractivity contribution < 1.29 is 5.21 Å². The number of benzene rings is 2. The lowest BCUT2D eigenvalue weighted by molar-refractivity contribution is 0.307. The lowest BCUT2D eigenvalue weighted by Crippen LogP contribution is -2.35.